The fraction of sp³-hybridized carbons (Fsp3) is 0.350. The second-order valence-corrected chi connectivity index (χ2v) is 8.74. The van der Waals surface area contributed by atoms with Crippen molar-refractivity contribution in [2.75, 3.05) is 12.9 Å². The lowest BCUT2D eigenvalue weighted by molar-refractivity contribution is -0.118. The van der Waals surface area contributed by atoms with Gasteiger partial charge in [0, 0.05) is 18.5 Å². The minimum atomic E-state index is -0.0937. The van der Waals surface area contributed by atoms with Crippen molar-refractivity contribution < 1.29 is 9.53 Å². The molecule has 3 aromatic rings. The Morgan fingerprint density at radius 1 is 1.32 bits per heavy atom. The number of hydrogen-bond donors (Lipinski definition) is 1. The lowest BCUT2D eigenvalue weighted by Crippen LogP contribution is -2.25. The molecule has 2 heterocycles. The molecule has 1 aliphatic rings. The van der Waals surface area contributed by atoms with Crippen LogP contribution in [0.5, 0.6) is 5.75 Å². The first-order valence-corrected chi connectivity index (χ1v) is 10.9. The van der Waals surface area contributed by atoms with Gasteiger partial charge in [0.1, 0.15) is 10.6 Å². The Kier molecular flexibility index (Phi) is 5.41. The number of aromatic nitrogens is 2. The first kappa shape index (κ1) is 19.0. The molecule has 1 amide bonds. The van der Waals surface area contributed by atoms with Crippen molar-refractivity contribution in [1.29, 1.82) is 0 Å². The normalized spacial score (nSPS) is 12.9. The zero-order valence-electron chi connectivity index (χ0n) is 15.8. The molecule has 0 saturated carbocycles. The number of methoxy groups -OCH3 is 1. The van der Waals surface area contributed by atoms with E-state index in [4.69, 9.17) is 4.74 Å². The van der Waals surface area contributed by atoms with Gasteiger partial charge in [-0.05, 0) is 42.5 Å². The zero-order chi connectivity index (χ0) is 19.7. The number of nitrogens with one attached hydrogen (secondary N) is 1. The Hall–Kier alpha value is -2.32. The van der Waals surface area contributed by atoms with Crippen LogP contribution in [0, 0.1) is 0 Å². The van der Waals surface area contributed by atoms with E-state index in [9.17, 15) is 9.59 Å². The maximum atomic E-state index is 12.8. The molecule has 2 aromatic heterocycles. The van der Waals surface area contributed by atoms with E-state index in [0.717, 1.165) is 40.8 Å². The van der Waals surface area contributed by atoms with Crippen molar-refractivity contribution in [3.05, 3.63) is 50.6 Å². The number of carbonyl (C=O) groups excluding carboxylic acids is 1. The van der Waals surface area contributed by atoms with Crippen molar-refractivity contribution in [2.24, 2.45) is 7.05 Å². The fourth-order valence-corrected chi connectivity index (χ4v) is 5.46. The molecule has 4 rings (SSSR count). The Morgan fingerprint density at radius 2 is 2.11 bits per heavy atom. The van der Waals surface area contributed by atoms with Crippen LogP contribution in [0.1, 0.15) is 22.4 Å². The number of aryl methyl sites for hydroxylation is 2. The van der Waals surface area contributed by atoms with Gasteiger partial charge in [0.05, 0.1) is 18.2 Å². The van der Waals surface area contributed by atoms with Crippen LogP contribution in [0.2, 0.25) is 0 Å². The van der Waals surface area contributed by atoms with Gasteiger partial charge in [-0.2, -0.15) is 0 Å². The van der Waals surface area contributed by atoms with Gasteiger partial charge in [-0.25, -0.2) is 4.98 Å². The van der Waals surface area contributed by atoms with Crippen LogP contribution in [-0.4, -0.2) is 28.3 Å². The number of carbonyl (C=O) groups is 1. The topological polar surface area (TPSA) is 73.2 Å². The molecule has 0 saturated heterocycles. The number of fused-ring (bicyclic) bond motifs is 3. The summed E-state index contributed by atoms with van der Waals surface area (Å²) in [5.74, 6) is 0.906. The number of nitrogens with zero attached hydrogens (tertiary/aromatic N) is 2. The summed E-state index contributed by atoms with van der Waals surface area (Å²) < 4.78 is 6.69. The third kappa shape index (κ3) is 3.66. The minimum Gasteiger partial charge on any atom is -0.497 e. The summed E-state index contributed by atoms with van der Waals surface area (Å²) in [6, 6.07) is 7.57. The molecule has 0 unspecified atom stereocenters. The van der Waals surface area contributed by atoms with Crippen molar-refractivity contribution in [2.45, 2.75) is 31.0 Å². The highest BCUT2D eigenvalue weighted by atomic mass is 32.2. The van der Waals surface area contributed by atoms with E-state index < -0.39 is 0 Å². The second kappa shape index (κ2) is 7.97. The van der Waals surface area contributed by atoms with Gasteiger partial charge in [0.15, 0.2) is 5.16 Å². The highest BCUT2D eigenvalue weighted by molar-refractivity contribution is 7.99. The summed E-state index contributed by atoms with van der Waals surface area (Å²) in [5.41, 5.74) is 2.17. The molecular weight excluding hydrogens is 394 g/mol. The maximum absolute atomic E-state index is 12.8. The number of amides is 1. The Balaban J connectivity index is 1.41. The van der Waals surface area contributed by atoms with Crippen LogP contribution in [-0.2, 0) is 31.2 Å². The van der Waals surface area contributed by atoms with Crippen LogP contribution in [0.15, 0.2) is 34.2 Å². The second-order valence-electron chi connectivity index (χ2n) is 6.71. The van der Waals surface area contributed by atoms with Crippen LogP contribution < -0.4 is 15.6 Å². The van der Waals surface area contributed by atoms with Gasteiger partial charge < -0.3 is 10.1 Å². The van der Waals surface area contributed by atoms with Gasteiger partial charge in [-0.3, -0.25) is 14.2 Å². The summed E-state index contributed by atoms with van der Waals surface area (Å²) in [5, 5.41) is 4.25. The van der Waals surface area contributed by atoms with Gasteiger partial charge in [-0.1, -0.05) is 23.9 Å². The van der Waals surface area contributed by atoms with Crippen molar-refractivity contribution in [3.63, 3.8) is 0 Å². The van der Waals surface area contributed by atoms with Crippen molar-refractivity contribution in [3.8, 4) is 5.75 Å². The number of thiophene rings is 1. The van der Waals surface area contributed by atoms with Crippen LogP contribution in [0.4, 0.5) is 0 Å². The molecule has 146 valence electrons. The average molecular weight is 416 g/mol. The van der Waals surface area contributed by atoms with E-state index in [1.54, 1.807) is 30.1 Å². The summed E-state index contributed by atoms with van der Waals surface area (Å²) in [7, 11) is 3.35. The lowest BCUT2D eigenvalue weighted by atomic mass is 10.2. The molecule has 0 spiro atoms. The summed E-state index contributed by atoms with van der Waals surface area (Å²) >= 11 is 2.91. The largest absolute Gasteiger partial charge is 0.497 e. The molecule has 0 aliphatic heterocycles. The Labute approximate surface area is 170 Å². The van der Waals surface area contributed by atoms with E-state index in [2.05, 4.69) is 10.3 Å². The van der Waals surface area contributed by atoms with Crippen LogP contribution in [0.25, 0.3) is 10.2 Å². The van der Waals surface area contributed by atoms with E-state index >= 15 is 0 Å². The molecule has 6 nitrogen and oxygen atoms in total. The summed E-state index contributed by atoms with van der Waals surface area (Å²) in [6.45, 7) is 0.451. The predicted octanol–water partition coefficient (Wildman–Crippen LogP) is 2.90. The lowest BCUT2D eigenvalue weighted by Gasteiger charge is -2.08. The first-order chi connectivity index (χ1) is 13.6. The average Bonchev–Trinajstić information content (AvgIpc) is 3.29. The maximum Gasteiger partial charge on any atom is 0.262 e. The standard InChI is InChI=1S/C20H21N3O3S2/c1-23-19(25)17-14-4-3-5-15(14)28-18(17)22-20(23)27-11-16(24)21-10-12-6-8-13(26-2)9-7-12/h6-9H,3-5,10-11H2,1-2H3,(H,21,24). The minimum absolute atomic E-state index is 0.00876. The summed E-state index contributed by atoms with van der Waals surface area (Å²) in [6.07, 6.45) is 3.12. The SMILES string of the molecule is COc1ccc(CNC(=O)CSc2nc3sc4c(c3c(=O)n2C)CCC4)cc1. The van der Waals surface area contributed by atoms with Crippen molar-refractivity contribution >= 4 is 39.2 Å². The van der Waals surface area contributed by atoms with E-state index in [1.807, 2.05) is 24.3 Å². The molecule has 1 N–H and O–H groups in total. The molecule has 0 radical (unpaired) electrons. The van der Waals surface area contributed by atoms with E-state index in [1.165, 1.54) is 22.2 Å². The number of rotatable bonds is 6. The smallest absolute Gasteiger partial charge is 0.262 e. The third-order valence-corrected chi connectivity index (χ3v) is 7.10. The highest BCUT2D eigenvalue weighted by Gasteiger charge is 2.22. The molecule has 1 aromatic carbocycles. The van der Waals surface area contributed by atoms with Gasteiger partial charge in [0.2, 0.25) is 5.91 Å². The predicted molar refractivity (Wildman–Crippen MR) is 112 cm³/mol. The number of ether oxygens (including phenoxy) is 1. The van der Waals surface area contributed by atoms with Gasteiger partial charge >= 0.3 is 0 Å². The molecule has 0 bridgehead atoms. The molecule has 8 heteroatoms. The first-order valence-electron chi connectivity index (χ1n) is 9.10. The molecule has 0 atom stereocenters. The Morgan fingerprint density at radius 3 is 2.86 bits per heavy atom. The molecule has 28 heavy (non-hydrogen) atoms. The Bertz CT molecular complexity index is 1090. The molecule has 1 aliphatic carbocycles. The fourth-order valence-electron chi connectivity index (χ4n) is 3.36. The highest BCUT2D eigenvalue weighted by Crippen LogP contribution is 2.35. The van der Waals surface area contributed by atoms with Crippen LogP contribution >= 0.6 is 23.1 Å². The third-order valence-electron chi connectivity index (χ3n) is 4.89. The monoisotopic (exact) mass is 415 g/mol. The summed E-state index contributed by atoms with van der Waals surface area (Å²) in [4.78, 5) is 31.7. The quantitative estimate of drug-likeness (QED) is 0.495. The van der Waals surface area contributed by atoms with Crippen LogP contribution in [0.3, 0.4) is 0 Å². The van der Waals surface area contributed by atoms with Crippen molar-refractivity contribution in [1.82, 2.24) is 14.9 Å². The van der Waals surface area contributed by atoms with E-state index in [-0.39, 0.29) is 17.2 Å². The number of hydrogen-bond acceptors (Lipinski definition) is 6. The zero-order valence-corrected chi connectivity index (χ0v) is 17.4. The molecular formula is C20H21N3O3S2. The number of benzene rings is 1. The van der Waals surface area contributed by atoms with E-state index in [0.29, 0.717) is 11.7 Å². The van der Waals surface area contributed by atoms with Gasteiger partial charge in [0.25, 0.3) is 5.56 Å². The van der Waals surface area contributed by atoms with Gasteiger partial charge in [-0.15, -0.1) is 11.3 Å². The number of thioether (sulfide) groups is 1. The molecule has 0 fully saturated rings.